The first-order valence-corrected chi connectivity index (χ1v) is 13.3. The Morgan fingerprint density at radius 3 is 2.59 bits per heavy atom. The minimum atomic E-state index is -0.764. The van der Waals surface area contributed by atoms with Crippen molar-refractivity contribution in [2.75, 3.05) is 0 Å². The van der Waals surface area contributed by atoms with Crippen LogP contribution in [0.4, 0.5) is 0 Å². The summed E-state index contributed by atoms with van der Waals surface area (Å²) in [6.45, 7) is 12.9. The second kappa shape index (κ2) is 7.18. The van der Waals surface area contributed by atoms with Crippen LogP contribution in [0.15, 0.2) is 23.8 Å². The lowest BCUT2D eigenvalue weighted by Crippen LogP contribution is -2.63. The summed E-state index contributed by atoms with van der Waals surface area (Å²) in [5.74, 6) is -0.0369. The number of aliphatic carboxylic acids is 1. The zero-order valence-corrected chi connectivity index (χ0v) is 20.9. The van der Waals surface area contributed by atoms with Gasteiger partial charge in [0.05, 0.1) is 12.0 Å². The molecule has 3 saturated carbocycles. The maximum Gasteiger partial charge on any atom is 0.306 e. The third kappa shape index (κ3) is 2.69. The molecule has 5 fully saturated rings. The van der Waals surface area contributed by atoms with Crippen molar-refractivity contribution in [2.45, 2.75) is 102 Å². The summed E-state index contributed by atoms with van der Waals surface area (Å²) in [4.78, 5) is 12.4. The quantitative estimate of drug-likeness (QED) is 0.402. The van der Waals surface area contributed by atoms with Crippen molar-refractivity contribution in [3.8, 4) is 0 Å². The van der Waals surface area contributed by atoms with E-state index in [0.29, 0.717) is 12.3 Å². The van der Waals surface area contributed by atoms with Crippen LogP contribution >= 0.6 is 0 Å². The van der Waals surface area contributed by atoms with Gasteiger partial charge in [-0.25, -0.2) is 0 Å². The molecule has 0 radical (unpaired) electrons. The van der Waals surface area contributed by atoms with Crippen LogP contribution in [0.5, 0.6) is 0 Å². The molecular weight excluding hydrogens is 432 g/mol. The minimum Gasteiger partial charge on any atom is -0.481 e. The van der Waals surface area contributed by atoms with Crippen molar-refractivity contribution >= 4 is 5.97 Å². The highest BCUT2D eigenvalue weighted by Crippen LogP contribution is 2.75. The van der Waals surface area contributed by atoms with Gasteiger partial charge >= 0.3 is 5.97 Å². The van der Waals surface area contributed by atoms with Gasteiger partial charge in [-0.3, -0.25) is 4.79 Å². The number of epoxide rings is 2. The molecule has 6 nitrogen and oxygen atoms in total. The maximum atomic E-state index is 12.4. The van der Waals surface area contributed by atoms with Crippen LogP contribution in [0.25, 0.3) is 0 Å². The number of rotatable bonds is 6. The fourth-order valence-electron chi connectivity index (χ4n) is 9.23. The van der Waals surface area contributed by atoms with Crippen LogP contribution < -0.4 is 0 Å². The summed E-state index contributed by atoms with van der Waals surface area (Å²) in [5.41, 5.74) is 1.24. The molecule has 34 heavy (non-hydrogen) atoms. The molecule has 1 spiro atoms. The van der Waals surface area contributed by atoms with Gasteiger partial charge in [0.25, 0.3) is 0 Å². The second-order valence-electron chi connectivity index (χ2n) is 12.9. The Hall–Kier alpha value is -1.21. The fraction of sp³-hybridized carbons (Fsp3) is 0.821. The molecule has 6 heteroatoms. The second-order valence-corrected chi connectivity index (χ2v) is 12.9. The van der Waals surface area contributed by atoms with Crippen LogP contribution in [0.2, 0.25) is 0 Å². The van der Waals surface area contributed by atoms with Gasteiger partial charge in [-0.2, -0.15) is 0 Å². The van der Waals surface area contributed by atoms with Gasteiger partial charge in [-0.05, 0) is 67.6 Å². The molecule has 1 unspecified atom stereocenters. The van der Waals surface area contributed by atoms with Crippen molar-refractivity contribution in [3.63, 3.8) is 0 Å². The zero-order valence-electron chi connectivity index (χ0n) is 20.9. The van der Waals surface area contributed by atoms with Gasteiger partial charge in [-0.1, -0.05) is 51.5 Å². The number of aliphatic hydroxyl groups excluding tert-OH is 2. The first kappa shape index (κ1) is 23.2. The number of carboxylic acids is 1. The molecule has 6 aliphatic rings. The Balaban J connectivity index is 1.30. The molecule has 0 bridgehead atoms. The topological polar surface area (TPSA) is 103 Å². The number of ether oxygens (including phenoxy) is 2. The lowest BCUT2D eigenvalue weighted by atomic mass is 9.46. The lowest BCUT2D eigenvalue weighted by Gasteiger charge is -2.56. The van der Waals surface area contributed by atoms with Crippen LogP contribution in [0.1, 0.15) is 66.2 Å². The Kier molecular flexibility index (Phi) is 4.90. The van der Waals surface area contributed by atoms with Crippen LogP contribution in [-0.2, 0) is 14.3 Å². The highest BCUT2D eigenvalue weighted by Gasteiger charge is 2.86. The van der Waals surface area contributed by atoms with E-state index in [1.807, 2.05) is 6.08 Å². The maximum absolute atomic E-state index is 12.4. The van der Waals surface area contributed by atoms with Gasteiger partial charge in [0.1, 0.15) is 30.0 Å². The molecule has 0 amide bonds. The predicted molar refractivity (Wildman–Crippen MR) is 126 cm³/mol. The van der Waals surface area contributed by atoms with Crippen molar-refractivity contribution in [2.24, 2.45) is 40.4 Å². The number of hydrogen-bond acceptors (Lipinski definition) is 5. The number of fused-ring (bicyclic) bond motifs is 6. The van der Waals surface area contributed by atoms with Crippen molar-refractivity contribution < 1.29 is 29.6 Å². The Labute approximate surface area is 202 Å². The number of carbonyl (C=O) groups is 1. The summed E-state index contributed by atoms with van der Waals surface area (Å²) in [6, 6.07) is 0. The van der Waals surface area contributed by atoms with Gasteiger partial charge in [0, 0.05) is 5.41 Å². The highest BCUT2D eigenvalue weighted by atomic mass is 16.7. The van der Waals surface area contributed by atoms with Gasteiger partial charge < -0.3 is 24.8 Å². The van der Waals surface area contributed by atoms with E-state index >= 15 is 0 Å². The molecule has 0 aromatic carbocycles. The molecule has 0 aromatic heterocycles. The van der Waals surface area contributed by atoms with E-state index < -0.39 is 23.8 Å². The summed E-state index contributed by atoms with van der Waals surface area (Å²) in [5, 5.41) is 32.2. The summed E-state index contributed by atoms with van der Waals surface area (Å²) >= 11 is 0. The van der Waals surface area contributed by atoms with Crippen molar-refractivity contribution in [1.82, 2.24) is 0 Å². The number of hydrogen-bond donors (Lipinski definition) is 3. The zero-order chi connectivity index (χ0) is 24.4. The predicted octanol–water partition coefficient (Wildman–Crippen LogP) is 3.71. The van der Waals surface area contributed by atoms with E-state index in [1.54, 1.807) is 0 Å². The van der Waals surface area contributed by atoms with Crippen LogP contribution in [0.3, 0.4) is 0 Å². The molecular formula is C28H40O6. The van der Waals surface area contributed by atoms with Gasteiger partial charge in [0.2, 0.25) is 0 Å². The Morgan fingerprint density at radius 2 is 1.91 bits per heavy atom. The molecule has 12 atom stereocenters. The summed E-state index contributed by atoms with van der Waals surface area (Å²) in [7, 11) is 0. The minimum absolute atomic E-state index is 0.0834. The Morgan fingerprint density at radius 1 is 1.18 bits per heavy atom. The first-order chi connectivity index (χ1) is 16.0. The molecule has 4 aliphatic carbocycles. The summed E-state index contributed by atoms with van der Waals surface area (Å²) < 4.78 is 12.1. The van der Waals surface area contributed by atoms with Crippen molar-refractivity contribution in [1.29, 1.82) is 0 Å². The first-order valence-electron chi connectivity index (χ1n) is 13.3. The number of aliphatic hydroxyl groups is 2. The molecule has 188 valence electrons. The lowest BCUT2D eigenvalue weighted by molar-refractivity contribution is -0.146. The summed E-state index contributed by atoms with van der Waals surface area (Å²) in [6.07, 6.45) is 5.19. The smallest absolute Gasteiger partial charge is 0.306 e. The van der Waals surface area contributed by atoms with Crippen LogP contribution in [0, 0.1) is 40.4 Å². The number of allylic oxidation sites excluding steroid dienone is 2. The number of carboxylic acid groups (broad SMARTS) is 1. The van der Waals surface area contributed by atoms with Crippen LogP contribution in [-0.4, -0.2) is 57.4 Å². The molecule has 2 aliphatic heterocycles. The average Bonchev–Trinajstić information content (AvgIpc) is 3.68. The van der Waals surface area contributed by atoms with Crippen molar-refractivity contribution in [3.05, 3.63) is 23.8 Å². The standard InChI is InChI=1S/C28H40O6/c1-13(2)14(3)6-7-15(25(31)32)17-8-9-18-16-12-20(29)28-23(34-28)21(30)22-24(33-22)27(28,5)19(16)10-11-26(17,18)4/h12-13,15,17-24,29-30H,3,6-11H2,1-2,4-5H3,(H,31,32)/t15-,17-,18+,19?,20-,21-,22+,23-,24+,26-,27+,28-/m1/s1. The largest absolute Gasteiger partial charge is 0.481 e. The van der Waals surface area contributed by atoms with E-state index in [9.17, 15) is 20.1 Å². The van der Waals surface area contributed by atoms with E-state index in [0.717, 1.165) is 37.7 Å². The average molecular weight is 473 g/mol. The molecule has 3 N–H and O–H groups in total. The third-order valence-electron chi connectivity index (χ3n) is 11.4. The highest BCUT2D eigenvalue weighted by molar-refractivity contribution is 5.70. The molecule has 2 heterocycles. The fourth-order valence-corrected chi connectivity index (χ4v) is 9.23. The van der Waals surface area contributed by atoms with Gasteiger partial charge in [-0.15, -0.1) is 0 Å². The van der Waals surface area contributed by atoms with E-state index in [4.69, 9.17) is 9.47 Å². The normalized spacial score (nSPS) is 53.0. The van der Waals surface area contributed by atoms with E-state index in [2.05, 4.69) is 34.3 Å². The molecule has 2 saturated heterocycles. The Bertz CT molecular complexity index is 957. The van der Waals surface area contributed by atoms with E-state index in [-0.39, 0.29) is 52.8 Å². The monoisotopic (exact) mass is 472 g/mol. The van der Waals surface area contributed by atoms with E-state index in [1.165, 1.54) is 5.57 Å². The van der Waals surface area contributed by atoms with Gasteiger partial charge in [0.15, 0.2) is 0 Å². The SMILES string of the molecule is C=C(CC[C@@H](C(=O)O)[C@H]1CC[C@H]2C3=C[C@@H](O)[C@@]45O[C@@H]4[C@H](O)[C@@H]4O[C@@H]4[C@]5(C)C3CC[C@]12C)C(C)C. The molecule has 0 aromatic rings. The molecule has 6 rings (SSSR count). The third-order valence-corrected chi connectivity index (χ3v) is 11.4.